The molecule has 0 aromatic rings. The molecule has 0 heterocycles. The molecule has 3 nitrogen and oxygen atoms in total. The van der Waals surface area contributed by atoms with Crippen molar-refractivity contribution in [2.75, 3.05) is 13.2 Å². The number of hydrogen-bond donors (Lipinski definition) is 1. The first kappa shape index (κ1) is 16.2. The zero-order valence-electron chi connectivity index (χ0n) is 10.5. The van der Waals surface area contributed by atoms with Crippen molar-refractivity contribution in [2.45, 2.75) is 33.1 Å². The van der Waals surface area contributed by atoms with Gasteiger partial charge in [-0.05, 0) is 39.2 Å². The number of nitrogens with zero attached hydrogens (tertiary/aromatic N) is 1. The van der Waals surface area contributed by atoms with Crippen molar-refractivity contribution in [2.24, 2.45) is 5.16 Å². The molecule has 0 saturated heterocycles. The predicted octanol–water partition coefficient (Wildman–Crippen LogP) is -0.284. The maximum Gasteiger partial charge on any atom is 1.00 e. The molecular weight excluding hydrogens is 173 g/mol. The van der Waals surface area contributed by atoms with Crippen LogP contribution in [0.25, 0.3) is 0 Å². The van der Waals surface area contributed by atoms with Crippen LogP contribution in [0.15, 0.2) is 17.3 Å². The van der Waals surface area contributed by atoms with Crippen molar-refractivity contribution in [3.8, 4) is 0 Å². The Morgan fingerprint density at radius 1 is 1.50 bits per heavy atom. The molecule has 0 saturated carbocycles. The van der Waals surface area contributed by atoms with Gasteiger partial charge in [-0.15, -0.1) is 0 Å². The number of allylic oxidation sites excluding steroid dienone is 2. The minimum atomic E-state index is 0. The van der Waals surface area contributed by atoms with E-state index in [-0.39, 0.29) is 20.3 Å². The van der Waals surface area contributed by atoms with Crippen LogP contribution >= 0.6 is 0 Å². The van der Waals surface area contributed by atoms with Gasteiger partial charge in [0.2, 0.25) is 0 Å². The summed E-state index contributed by atoms with van der Waals surface area (Å²) < 4.78 is 4.83. The first-order valence-electron chi connectivity index (χ1n) is 4.80. The third kappa shape index (κ3) is 9.85. The average Bonchev–Trinajstić information content (AvgIpc) is 2.21. The molecule has 78 valence electrons. The standard InChI is InChI=1S/C6H9NO.C4H10O.Li.H/c8-7-6-4-2-1-3-5-6;1-3-5-4-2;;/h2,4,8H,1,3,5H2;3-4H2,1-2H3;;/q;;+1;-1/b7-6+;;;. The Kier molecular flexibility index (Phi) is 14.8. The summed E-state index contributed by atoms with van der Waals surface area (Å²) in [4.78, 5) is 0. The van der Waals surface area contributed by atoms with Gasteiger partial charge in [0, 0.05) is 13.2 Å². The molecule has 14 heavy (non-hydrogen) atoms. The van der Waals surface area contributed by atoms with Crippen LogP contribution in [0.5, 0.6) is 0 Å². The number of oxime groups is 1. The van der Waals surface area contributed by atoms with Crippen molar-refractivity contribution in [3.05, 3.63) is 12.2 Å². The van der Waals surface area contributed by atoms with Gasteiger partial charge in [0.05, 0.1) is 5.71 Å². The summed E-state index contributed by atoms with van der Waals surface area (Å²) in [6, 6.07) is 0. The largest absolute Gasteiger partial charge is 1.00 e. The van der Waals surface area contributed by atoms with Crippen LogP contribution in [0.3, 0.4) is 0 Å². The number of rotatable bonds is 2. The summed E-state index contributed by atoms with van der Waals surface area (Å²) in [6.45, 7) is 5.67. The SMILES string of the molecule is CCOCC.O/N=C1\C=CCCC1.[H-].[Li+]. The molecule has 0 fully saturated rings. The van der Waals surface area contributed by atoms with E-state index in [1.54, 1.807) is 0 Å². The van der Waals surface area contributed by atoms with Crippen molar-refractivity contribution in [1.82, 2.24) is 0 Å². The average molecular weight is 193 g/mol. The monoisotopic (exact) mass is 193 g/mol. The summed E-state index contributed by atoms with van der Waals surface area (Å²) >= 11 is 0. The summed E-state index contributed by atoms with van der Waals surface area (Å²) in [6.07, 6.45) is 7.06. The zero-order chi connectivity index (χ0) is 9.94. The molecule has 1 aliphatic carbocycles. The third-order valence-corrected chi connectivity index (χ3v) is 1.65. The van der Waals surface area contributed by atoms with Gasteiger partial charge in [-0.3, -0.25) is 0 Å². The van der Waals surface area contributed by atoms with E-state index in [2.05, 4.69) is 5.16 Å². The van der Waals surface area contributed by atoms with E-state index >= 15 is 0 Å². The Morgan fingerprint density at radius 2 is 2.14 bits per heavy atom. The molecule has 4 heteroatoms. The number of ether oxygens (including phenoxy) is 1. The fourth-order valence-corrected chi connectivity index (χ4v) is 0.991. The fraction of sp³-hybridized carbons (Fsp3) is 0.700. The molecule has 0 amide bonds. The van der Waals surface area contributed by atoms with Crippen molar-refractivity contribution in [1.29, 1.82) is 0 Å². The van der Waals surface area contributed by atoms with Crippen LogP contribution in [0.4, 0.5) is 0 Å². The molecule has 0 aromatic carbocycles. The van der Waals surface area contributed by atoms with E-state index < -0.39 is 0 Å². The van der Waals surface area contributed by atoms with Crippen molar-refractivity contribution in [3.63, 3.8) is 0 Å². The maximum atomic E-state index is 8.23. The summed E-state index contributed by atoms with van der Waals surface area (Å²) in [5.74, 6) is 0. The third-order valence-electron chi connectivity index (χ3n) is 1.65. The van der Waals surface area contributed by atoms with Gasteiger partial charge in [-0.25, -0.2) is 0 Å². The molecule has 0 spiro atoms. The van der Waals surface area contributed by atoms with E-state index in [1.807, 2.05) is 26.0 Å². The normalized spacial score (nSPS) is 16.9. The molecule has 0 aliphatic heterocycles. The van der Waals surface area contributed by atoms with Crippen molar-refractivity contribution < 1.29 is 30.2 Å². The van der Waals surface area contributed by atoms with Gasteiger partial charge in [0.15, 0.2) is 0 Å². The smallest absolute Gasteiger partial charge is 1.00 e. The molecule has 0 aromatic heterocycles. The van der Waals surface area contributed by atoms with E-state index in [1.165, 1.54) is 0 Å². The summed E-state index contributed by atoms with van der Waals surface area (Å²) in [7, 11) is 0. The van der Waals surface area contributed by atoms with Gasteiger partial charge in [-0.2, -0.15) is 0 Å². The molecule has 1 aliphatic rings. The molecule has 1 rings (SSSR count). The van der Waals surface area contributed by atoms with Gasteiger partial charge >= 0.3 is 18.9 Å². The molecule has 1 N–H and O–H groups in total. The minimum absolute atomic E-state index is 0. The second-order valence-electron chi connectivity index (χ2n) is 2.67. The van der Waals surface area contributed by atoms with E-state index in [0.717, 1.165) is 38.2 Å². The van der Waals surface area contributed by atoms with Crippen molar-refractivity contribution >= 4 is 5.71 Å². The first-order chi connectivity index (χ1) is 6.35. The first-order valence-corrected chi connectivity index (χ1v) is 4.80. The number of hydrogen-bond acceptors (Lipinski definition) is 3. The van der Waals surface area contributed by atoms with Gasteiger partial charge in [-0.1, -0.05) is 11.2 Å². The summed E-state index contributed by atoms with van der Waals surface area (Å²) in [5, 5.41) is 11.3. The summed E-state index contributed by atoms with van der Waals surface area (Å²) in [5.41, 5.74) is 0.802. The van der Waals surface area contributed by atoms with E-state index in [4.69, 9.17) is 9.94 Å². The van der Waals surface area contributed by atoms with Crippen LogP contribution in [0.1, 0.15) is 34.5 Å². The van der Waals surface area contributed by atoms with Crippen LogP contribution in [0, 0.1) is 0 Å². The van der Waals surface area contributed by atoms with Gasteiger partial charge < -0.3 is 11.4 Å². The van der Waals surface area contributed by atoms with E-state index in [0.29, 0.717) is 0 Å². The zero-order valence-corrected chi connectivity index (χ0v) is 9.49. The second-order valence-corrected chi connectivity index (χ2v) is 2.67. The minimum Gasteiger partial charge on any atom is -1.00 e. The molecule has 0 bridgehead atoms. The molecular formula is C10H20LiNO2. The van der Waals surface area contributed by atoms with Crippen LogP contribution < -0.4 is 18.9 Å². The molecule has 0 atom stereocenters. The Morgan fingerprint density at radius 3 is 2.36 bits per heavy atom. The maximum absolute atomic E-state index is 8.23. The topological polar surface area (TPSA) is 41.8 Å². The van der Waals surface area contributed by atoms with Crippen LogP contribution in [-0.2, 0) is 4.74 Å². The fourth-order valence-electron chi connectivity index (χ4n) is 0.991. The Bertz CT molecular complexity index is 173. The quantitative estimate of drug-likeness (QED) is 0.372. The van der Waals surface area contributed by atoms with Crippen LogP contribution in [0.2, 0.25) is 0 Å². The Balaban J connectivity index is -0.000000185. The second kappa shape index (κ2) is 12.8. The molecule has 0 radical (unpaired) electrons. The van der Waals surface area contributed by atoms with Gasteiger partial charge in [0.1, 0.15) is 0 Å². The predicted molar refractivity (Wildman–Crippen MR) is 55.5 cm³/mol. The Hall–Kier alpha value is -0.233. The van der Waals surface area contributed by atoms with Gasteiger partial charge in [0.25, 0.3) is 0 Å². The Labute approximate surface area is 99.9 Å². The van der Waals surface area contributed by atoms with E-state index in [9.17, 15) is 0 Å². The molecule has 0 unspecified atom stereocenters. The van der Waals surface area contributed by atoms with Crippen LogP contribution in [-0.4, -0.2) is 24.1 Å².